The zero-order valence-corrected chi connectivity index (χ0v) is 8.84. The first-order valence-electron chi connectivity index (χ1n) is 4.43. The highest BCUT2D eigenvalue weighted by molar-refractivity contribution is 7.09. The normalized spacial score (nSPS) is 15.7. The number of aryl methyl sites for hydroxylation is 1. The van der Waals surface area contributed by atoms with Crippen molar-refractivity contribution < 1.29 is 5.11 Å². The molecule has 1 aromatic rings. The van der Waals surface area contributed by atoms with E-state index in [9.17, 15) is 5.11 Å². The average molecular weight is 200 g/mol. The molecule has 0 aliphatic carbocycles. The minimum Gasteiger partial charge on any atom is -0.393 e. The monoisotopic (exact) mass is 200 g/mol. The lowest BCUT2D eigenvalue weighted by Crippen LogP contribution is -2.17. The molecular formula is C9H16N2OS. The lowest BCUT2D eigenvalue weighted by atomic mass is 10.0. The Morgan fingerprint density at radius 3 is 2.77 bits per heavy atom. The summed E-state index contributed by atoms with van der Waals surface area (Å²) in [6, 6.07) is 0. The van der Waals surface area contributed by atoms with E-state index < -0.39 is 0 Å². The van der Waals surface area contributed by atoms with Crippen molar-refractivity contribution in [2.45, 2.75) is 32.3 Å². The molecule has 0 saturated carbocycles. The number of rotatable bonds is 4. The molecule has 1 heterocycles. The fraction of sp³-hybridized carbons (Fsp3) is 0.667. The van der Waals surface area contributed by atoms with Crippen molar-refractivity contribution in [2.75, 3.05) is 6.54 Å². The number of aliphatic hydroxyl groups excluding tert-OH is 1. The second-order valence-electron chi connectivity index (χ2n) is 3.34. The number of thiazole rings is 1. The summed E-state index contributed by atoms with van der Waals surface area (Å²) < 4.78 is 0. The van der Waals surface area contributed by atoms with Crippen molar-refractivity contribution in [1.29, 1.82) is 0 Å². The Balaban J connectivity index is 2.66. The van der Waals surface area contributed by atoms with Gasteiger partial charge in [0.05, 0.1) is 11.1 Å². The zero-order chi connectivity index (χ0) is 9.84. The summed E-state index contributed by atoms with van der Waals surface area (Å²) in [5.74, 6) is 0.207. The van der Waals surface area contributed by atoms with Crippen LogP contribution in [0.5, 0.6) is 0 Å². The van der Waals surface area contributed by atoms with Crippen molar-refractivity contribution >= 4 is 11.3 Å². The van der Waals surface area contributed by atoms with E-state index in [0.717, 1.165) is 10.7 Å². The van der Waals surface area contributed by atoms with Crippen LogP contribution < -0.4 is 5.73 Å². The molecular weight excluding hydrogens is 184 g/mol. The Hall–Kier alpha value is -0.450. The molecule has 3 nitrogen and oxygen atoms in total. The van der Waals surface area contributed by atoms with Gasteiger partial charge in [0.15, 0.2) is 0 Å². The first-order valence-corrected chi connectivity index (χ1v) is 5.31. The number of hydrogen-bond acceptors (Lipinski definition) is 4. The minimum absolute atomic E-state index is 0.207. The van der Waals surface area contributed by atoms with Gasteiger partial charge in [-0.05, 0) is 20.3 Å². The molecule has 3 N–H and O–H groups in total. The number of hydrogen-bond donors (Lipinski definition) is 2. The molecule has 0 spiro atoms. The molecule has 1 rings (SSSR count). The maximum atomic E-state index is 9.24. The predicted octanol–water partition coefficient (Wildman–Crippen LogP) is 1.26. The van der Waals surface area contributed by atoms with Gasteiger partial charge in [-0.25, -0.2) is 4.98 Å². The van der Waals surface area contributed by atoms with Crippen molar-refractivity contribution in [3.05, 3.63) is 16.1 Å². The maximum Gasteiger partial charge on any atom is 0.0972 e. The third kappa shape index (κ3) is 3.06. The van der Waals surface area contributed by atoms with Gasteiger partial charge >= 0.3 is 0 Å². The highest BCUT2D eigenvalue weighted by atomic mass is 32.1. The van der Waals surface area contributed by atoms with E-state index in [2.05, 4.69) is 4.98 Å². The Kier molecular flexibility index (Phi) is 3.84. The van der Waals surface area contributed by atoms with E-state index in [4.69, 9.17) is 5.73 Å². The Bertz CT molecular complexity index is 260. The minimum atomic E-state index is -0.308. The van der Waals surface area contributed by atoms with Crippen LogP contribution >= 0.6 is 11.3 Å². The highest BCUT2D eigenvalue weighted by Gasteiger charge is 2.15. The van der Waals surface area contributed by atoms with Crippen LogP contribution in [-0.4, -0.2) is 22.7 Å². The summed E-state index contributed by atoms with van der Waals surface area (Å²) in [6.45, 7) is 4.30. The first kappa shape index (κ1) is 10.6. The fourth-order valence-electron chi connectivity index (χ4n) is 1.27. The number of nitrogens with two attached hydrogens (primary N) is 1. The van der Waals surface area contributed by atoms with Crippen LogP contribution in [0.2, 0.25) is 0 Å². The van der Waals surface area contributed by atoms with Gasteiger partial charge in [-0.3, -0.25) is 0 Å². The molecule has 0 aliphatic rings. The molecule has 4 heteroatoms. The van der Waals surface area contributed by atoms with Gasteiger partial charge in [0.1, 0.15) is 0 Å². The quantitative estimate of drug-likeness (QED) is 0.769. The largest absolute Gasteiger partial charge is 0.393 e. The number of aromatic nitrogens is 1. The Morgan fingerprint density at radius 2 is 2.38 bits per heavy atom. The number of aliphatic hydroxyl groups is 1. The summed E-state index contributed by atoms with van der Waals surface area (Å²) in [7, 11) is 0. The molecule has 0 amide bonds. The average Bonchev–Trinajstić information content (AvgIpc) is 2.47. The third-order valence-corrected chi connectivity index (χ3v) is 3.02. The molecule has 0 bridgehead atoms. The lowest BCUT2D eigenvalue weighted by molar-refractivity contribution is 0.175. The smallest absolute Gasteiger partial charge is 0.0972 e. The molecule has 0 saturated heterocycles. The molecule has 1 aromatic heterocycles. The van der Waals surface area contributed by atoms with E-state index in [1.807, 2.05) is 12.3 Å². The number of nitrogens with zero attached hydrogens (tertiary/aromatic N) is 1. The van der Waals surface area contributed by atoms with Gasteiger partial charge < -0.3 is 10.8 Å². The van der Waals surface area contributed by atoms with Crippen molar-refractivity contribution in [1.82, 2.24) is 4.98 Å². The first-order chi connectivity index (χ1) is 6.13. The molecule has 0 fully saturated rings. The topological polar surface area (TPSA) is 59.1 Å². The molecule has 0 radical (unpaired) electrons. The van der Waals surface area contributed by atoms with Gasteiger partial charge in [-0.1, -0.05) is 0 Å². The van der Waals surface area contributed by atoms with Gasteiger partial charge in [0, 0.05) is 23.5 Å². The summed E-state index contributed by atoms with van der Waals surface area (Å²) in [4.78, 5) is 4.36. The molecule has 0 aliphatic heterocycles. The van der Waals surface area contributed by atoms with Gasteiger partial charge in [0.25, 0.3) is 0 Å². The molecule has 0 aromatic carbocycles. The fourth-order valence-corrected chi connectivity index (χ4v) is 2.19. The van der Waals surface area contributed by atoms with Crippen LogP contribution in [0.15, 0.2) is 5.38 Å². The second kappa shape index (κ2) is 4.69. The van der Waals surface area contributed by atoms with Crippen LogP contribution in [-0.2, 0) is 0 Å². The van der Waals surface area contributed by atoms with Crippen LogP contribution in [0.25, 0.3) is 0 Å². The summed E-state index contributed by atoms with van der Waals surface area (Å²) in [5.41, 5.74) is 6.65. The third-order valence-electron chi connectivity index (χ3n) is 1.90. The molecule has 13 heavy (non-hydrogen) atoms. The predicted molar refractivity (Wildman–Crippen MR) is 54.9 cm³/mol. The Labute approximate surface area is 82.6 Å². The van der Waals surface area contributed by atoms with Crippen LogP contribution in [0.4, 0.5) is 0 Å². The van der Waals surface area contributed by atoms with Gasteiger partial charge in [0.2, 0.25) is 0 Å². The molecule has 74 valence electrons. The molecule has 2 unspecified atom stereocenters. The zero-order valence-electron chi connectivity index (χ0n) is 8.03. The van der Waals surface area contributed by atoms with E-state index in [-0.39, 0.29) is 12.0 Å². The van der Waals surface area contributed by atoms with E-state index in [1.165, 1.54) is 0 Å². The van der Waals surface area contributed by atoms with Crippen molar-refractivity contribution in [3.63, 3.8) is 0 Å². The van der Waals surface area contributed by atoms with Gasteiger partial charge in [-0.15, -0.1) is 11.3 Å². The van der Waals surface area contributed by atoms with E-state index in [0.29, 0.717) is 13.0 Å². The van der Waals surface area contributed by atoms with E-state index >= 15 is 0 Å². The standard InChI is InChI=1S/C9H16N2OS/c1-6-5-13-9(11-6)8(4-10)3-7(2)12/h5,7-8,12H,3-4,10H2,1-2H3. The SMILES string of the molecule is Cc1csc(C(CN)CC(C)O)n1. The summed E-state index contributed by atoms with van der Waals surface area (Å²) >= 11 is 1.62. The van der Waals surface area contributed by atoms with Crippen LogP contribution in [0.3, 0.4) is 0 Å². The van der Waals surface area contributed by atoms with Gasteiger partial charge in [-0.2, -0.15) is 0 Å². The molecule has 2 atom stereocenters. The highest BCUT2D eigenvalue weighted by Crippen LogP contribution is 2.23. The van der Waals surface area contributed by atoms with Crippen molar-refractivity contribution in [3.8, 4) is 0 Å². The lowest BCUT2D eigenvalue weighted by Gasteiger charge is -2.13. The van der Waals surface area contributed by atoms with Crippen molar-refractivity contribution in [2.24, 2.45) is 5.73 Å². The second-order valence-corrected chi connectivity index (χ2v) is 4.23. The summed E-state index contributed by atoms with van der Waals surface area (Å²) in [6.07, 6.45) is 0.390. The van der Waals surface area contributed by atoms with Crippen LogP contribution in [0, 0.1) is 6.92 Å². The Morgan fingerprint density at radius 1 is 1.69 bits per heavy atom. The maximum absolute atomic E-state index is 9.24. The van der Waals surface area contributed by atoms with Crippen LogP contribution in [0.1, 0.15) is 30.0 Å². The summed E-state index contributed by atoms with van der Waals surface area (Å²) in [5, 5.41) is 12.3. The van der Waals surface area contributed by atoms with E-state index in [1.54, 1.807) is 18.3 Å².